The van der Waals surface area contributed by atoms with Crippen molar-refractivity contribution in [3.05, 3.63) is 0 Å². The lowest BCUT2D eigenvalue weighted by molar-refractivity contribution is 0.238. The Morgan fingerprint density at radius 1 is 1.14 bits per heavy atom. The van der Waals surface area contributed by atoms with Crippen LogP contribution in [0.1, 0.15) is 38.5 Å². The van der Waals surface area contributed by atoms with E-state index in [1.54, 1.807) is 0 Å². The summed E-state index contributed by atoms with van der Waals surface area (Å²) < 4.78 is 0. The normalized spacial score (nSPS) is 20.9. The van der Waals surface area contributed by atoms with Crippen molar-refractivity contribution in [2.45, 2.75) is 44.1 Å². The SMILES string of the molecule is N=C(N)C1(NC(N)=O)CCCCCC1. The van der Waals surface area contributed by atoms with Gasteiger partial charge in [0.25, 0.3) is 0 Å². The molecule has 5 nitrogen and oxygen atoms in total. The molecule has 1 saturated carbocycles. The molecule has 0 spiro atoms. The molecule has 0 saturated heterocycles. The highest BCUT2D eigenvalue weighted by Crippen LogP contribution is 2.26. The van der Waals surface area contributed by atoms with Gasteiger partial charge in [-0.2, -0.15) is 0 Å². The lowest BCUT2D eigenvalue weighted by Gasteiger charge is -2.31. The summed E-state index contributed by atoms with van der Waals surface area (Å²) in [7, 11) is 0. The smallest absolute Gasteiger partial charge is 0.312 e. The Morgan fingerprint density at radius 2 is 1.64 bits per heavy atom. The maximum Gasteiger partial charge on any atom is 0.312 e. The molecule has 80 valence electrons. The quantitative estimate of drug-likeness (QED) is 0.297. The monoisotopic (exact) mass is 198 g/mol. The van der Waals surface area contributed by atoms with Crippen molar-refractivity contribution in [3.63, 3.8) is 0 Å². The fourth-order valence-electron chi connectivity index (χ4n) is 2.03. The van der Waals surface area contributed by atoms with Crippen LogP contribution in [0.15, 0.2) is 0 Å². The summed E-state index contributed by atoms with van der Waals surface area (Å²) in [5.41, 5.74) is 9.95. The van der Waals surface area contributed by atoms with Crippen LogP contribution in [-0.2, 0) is 0 Å². The highest BCUT2D eigenvalue weighted by atomic mass is 16.2. The Bertz CT molecular complexity index is 231. The van der Waals surface area contributed by atoms with E-state index in [1.807, 2.05) is 0 Å². The van der Waals surface area contributed by atoms with Gasteiger partial charge in [-0.05, 0) is 12.8 Å². The summed E-state index contributed by atoms with van der Waals surface area (Å²) in [5.74, 6) is 0.0261. The zero-order valence-corrected chi connectivity index (χ0v) is 8.31. The number of amidine groups is 1. The number of urea groups is 1. The van der Waals surface area contributed by atoms with Gasteiger partial charge >= 0.3 is 6.03 Å². The molecule has 0 aromatic heterocycles. The molecule has 0 radical (unpaired) electrons. The molecule has 1 fully saturated rings. The maximum atomic E-state index is 10.8. The van der Waals surface area contributed by atoms with Crippen molar-refractivity contribution in [1.29, 1.82) is 5.41 Å². The van der Waals surface area contributed by atoms with E-state index in [0.29, 0.717) is 0 Å². The summed E-state index contributed by atoms with van der Waals surface area (Å²) in [4.78, 5) is 10.8. The molecule has 0 unspecified atom stereocenters. The molecule has 2 amide bonds. The first-order valence-electron chi connectivity index (χ1n) is 4.99. The zero-order valence-electron chi connectivity index (χ0n) is 8.31. The van der Waals surface area contributed by atoms with Crippen LogP contribution in [0.4, 0.5) is 4.79 Å². The van der Waals surface area contributed by atoms with E-state index in [4.69, 9.17) is 16.9 Å². The van der Waals surface area contributed by atoms with Gasteiger partial charge in [-0.15, -0.1) is 0 Å². The Morgan fingerprint density at radius 3 is 2.00 bits per heavy atom. The molecule has 6 N–H and O–H groups in total. The topological polar surface area (TPSA) is 105 Å². The van der Waals surface area contributed by atoms with Gasteiger partial charge in [-0.3, -0.25) is 5.41 Å². The largest absolute Gasteiger partial charge is 0.386 e. The van der Waals surface area contributed by atoms with E-state index in [1.165, 1.54) is 0 Å². The number of hydrogen-bond donors (Lipinski definition) is 4. The lowest BCUT2D eigenvalue weighted by Crippen LogP contribution is -2.58. The third-order valence-electron chi connectivity index (χ3n) is 2.84. The molecule has 0 aromatic rings. The molecular formula is C9H18N4O. The molecule has 0 atom stereocenters. The first kappa shape index (κ1) is 10.8. The molecule has 0 aliphatic heterocycles. The summed E-state index contributed by atoms with van der Waals surface area (Å²) in [6, 6.07) is -0.595. The van der Waals surface area contributed by atoms with Crippen molar-refractivity contribution in [2.24, 2.45) is 11.5 Å². The van der Waals surface area contributed by atoms with Crippen molar-refractivity contribution in [3.8, 4) is 0 Å². The van der Waals surface area contributed by atoms with Crippen molar-refractivity contribution in [2.75, 3.05) is 0 Å². The fraction of sp³-hybridized carbons (Fsp3) is 0.778. The van der Waals surface area contributed by atoms with Crippen molar-refractivity contribution in [1.82, 2.24) is 5.32 Å². The van der Waals surface area contributed by atoms with Gasteiger partial charge in [0.05, 0.1) is 5.54 Å². The van der Waals surface area contributed by atoms with Gasteiger partial charge in [0.1, 0.15) is 5.84 Å². The van der Waals surface area contributed by atoms with Crippen LogP contribution in [0.25, 0.3) is 0 Å². The molecule has 14 heavy (non-hydrogen) atoms. The number of rotatable bonds is 2. The van der Waals surface area contributed by atoms with Gasteiger partial charge in [0.15, 0.2) is 0 Å². The number of nitrogens with two attached hydrogens (primary N) is 2. The summed E-state index contributed by atoms with van der Waals surface area (Å²) in [5, 5.41) is 10.2. The van der Waals surface area contributed by atoms with Gasteiger partial charge in [0, 0.05) is 0 Å². The van der Waals surface area contributed by atoms with Crippen LogP contribution >= 0.6 is 0 Å². The average molecular weight is 198 g/mol. The summed E-state index contributed by atoms with van der Waals surface area (Å²) in [6.45, 7) is 0. The van der Waals surface area contributed by atoms with Crippen molar-refractivity contribution >= 4 is 11.9 Å². The van der Waals surface area contributed by atoms with Crippen LogP contribution in [0, 0.1) is 5.41 Å². The van der Waals surface area contributed by atoms with Crippen LogP contribution in [-0.4, -0.2) is 17.4 Å². The van der Waals surface area contributed by atoms with Gasteiger partial charge < -0.3 is 16.8 Å². The lowest BCUT2D eigenvalue weighted by atomic mass is 9.89. The molecule has 0 aromatic carbocycles. The highest BCUT2D eigenvalue weighted by Gasteiger charge is 2.35. The number of carbonyl (C=O) groups excluding carboxylic acids is 1. The fourth-order valence-corrected chi connectivity index (χ4v) is 2.03. The second-order valence-electron chi connectivity index (χ2n) is 3.90. The molecule has 0 bridgehead atoms. The predicted octanol–water partition coefficient (Wildman–Crippen LogP) is 0.684. The summed E-state index contributed by atoms with van der Waals surface area (Å²) >= 11 is 0. The second-order valence-corrected chi connectivity index (χ2v) is 3.90. The van der Waals surface area contributed by atoms with Crippen LogP contribution < -0.4 is 16.8 Å². The van der Waals surface area contributed by atoms with Gasteiger partial charge in [-0.25, -0.2) is 4.79 Å². The number of hydrogen-bond acceptors (Lipinski definition) is 2. The Kier molecular flexibility index (Phi) is 3.33. The Balaban J connectivity index is 2.77. The molecule has 5 heteroatoms. The van der Waals surface area contributed by atoms with Crippen LogP contribution in [0.2, 0.25) is 0 Å². The number of nitrogens with one attached hydrogen (secondary N) is 2. The van der Waals surface area contributed by atoms with Crippen LogP contribution in [0.3, 0.4) is 0 Å². The molecule has 0 heterocycles. The molecule has 1 aliphatic rings. The van der Waals surface area contributed by atoms with Crippen LogP contribution in [0.5, 0.6) is 0 Å². The molecular weight excluding hydrogens is 180 g/mol. The van der Waals surface area contributed by atoms with E-state index in [9.17, 15) is 4.79 Å². The summed E-state index contributed by atoms with van der Waals surface area (Å²) in [6.07, 6.45) is 5.70. The number of carbonyl (C=O) groups is 1. The minimum absolute atomic E-state index is 0.0261. The highest BCUT2D eigenvalue weighted by molar-refractivity contribution is 5.91. The number of primary amides is 1. The van der Waals surface area contributed by atoms with Crippen molar-refractivity contribution < 1.29 is 4.79 Å². The first-order valence-corrected chi connectivity index (χ1v) is 4.99. The molecule has 1 aliphatic carbocycles. The van der Waals surface area contributed by atoms with Gasteiger partial charge in [0.2, 0.25) is 0 Å². The second kappa shape index (κ2) is 4.30. The Labute approximate surface area is 83.7 Å². The van der Waals surface area contributed by atoms with E-state index >= 15 is 0 Å². The third-order valence-corrected chi connectivity index (χ3v) is 2.84. The first-order chi connectivity index (χ1) is 6.57. The van der Waals surface area contributed by atoms with E-state index in [2.05, 4.69) is 5.32 Å². The standard InChI is InChI=1S/C9H18N4O/c10-7(11)9(13-8(12)14)5-3-1-2-4-6-9/h1-6H2,(H3,10,11)(H3,12,13,14). The molecule has 1 rings (SSSR count). The maximum absolute atomic E-state index is 10.8. The van der Waals surface area contributed by atoms with E-state index in [0.717, 1.165) is 38.5 Å². The van der Waals surface area contributed by atoms with Gasteiger partial charge in [-0.1, -0.05) is 25.7 Å². The third kappa shape index (κ3) is 2.37. The zero-order chi connectivity index (χ0) is 10.6. The number of amides is 2. The minimum Gasteiger partial charge on any atom is -0.386 e. The average Bonchev–Trinajstić information content (AvgIpc) is 2.29. The van der Waals surface area contributed by atoms with E-state index in [-0.39, 0.29) is 5.84 Å². The minimum atomic E-state index is -0.678. The Hall–Kier alpha value is -1.26. The predicted molar refractivity (Wildman–Crippen MR) is 55.1 cm³/mol. The van der Waals surface area contributed by atoms with E-state index < -0.39 is 11.6 Å².